The van der Waals surface area contributed by atoms with Crippen molar-refractivity contribution >= 4 is 23.1 Å². The maximum atomic E-state index is 10.9. The maximum absolute atomic E-state index is 10.9. The Balaban J connectivity index is 2.43. The van der Waals surface area contributed by atoms with Crippen molar-refractivity contribution in [3.63, 3.8) is 0 Å². The number of carbonyl (C=O) groups is 1. The van der Waals surface area contributed by atoms with Crippen LogP contribution in [0.4, 0.5) is 5.69 Å². The molecule has 0 heterocycles. The summed E-state index contributed by atoms with van der Waals surface area (Å²) in [4.78, 5) is 13.1. The van der Waals surface area contributed by atoms with Crippen molar-refractivity contribution in [2.24, 2.45) is 0 Å². The summed E-state index contributed by atoms with van der Waals surface area (Å²) >= 11 is 5.91. The molecular formula is C17H24ClNO. The van der Waals surface area contributed by atoms with Crippen molar-refractivity contribution in [2.75, 3.05) is 11.4 Å². The molecule has 0 spiro atoms. The van der Waals surface area contributed by atoms with Gasteiger partial charge in [-0.25, -0.2) is 0 Å². The molecule has 0 aliphatic carbocycles. The van der Waals surface area contributed by atoms with Gasteiger partial charge in [-0.1, -0.05) is 24.6 Å². The molecule has 0 saturated carbocycles. The molecule has 1 rings (SSSR count). The van der Waals surface area contributed by atoms with Crippen LogP contribution >= 0.6 is 11.6 Å². The fraction of sp³-hybridized carbons (Fsp3) is 0.471. The number of hydrogen-bond donors (Lipinski definition) is 0. The average Bonchev–Trinajstić information content (AvgIpc) is 2.41. The lowest BCUT2D eigenvalue weighted by Crippen LogP contribution is -2.21. The lowest BCUT2D eigenvalue weighted by molar-refractivity contribution is -0.117. The number of hydrogen-bond acceptors (Lipinski definition) is 2. The number of nitrogens with zero attached hydrogens (tertiary/aromatic N) is 1. The zero-order chi connectivity index (χ0) is 15.0. The first-order valence-corrected chi connectivity index (χ1v) is 7.62. The number of allylic oxidation sites excluding steroid dienone is 1. The Morgan fingerprint density at radius 1 is 1.15 bits per heavy atom. The molecule has 3 heteroatoms. The molecule has 0 amide bonds. The number of carbonyl (C=O) groups excluding carboxylic acids is 1. The van der Waals surface area contributed by atoms with E-state index in [-0.39, 0.29) is 5.78 Å². The van der Waals surface area contributed by atoms with E-state index in [9.17, 15) is 4.79 Å². The highest BCUT2D eigenvalue weighted by Crippen LogP contribution is 2.23. The van der Waals surface area contributed by atoms with Crippen molar-refractivity contribution in [3.05, 3.63) is 41.6 Å². The summed E-state index contributed by atoms with van der Waals surface area (Å²) in [6.07, 6.45) is 4.80. The van der Waals surface area contributed by atoms with E-state index in [1.165, 1.54) is 0 Å². The summed E-state index contributed by atoms with van der Waals surface area (Å²) in [5.74, 6) is 0.278. The Bertz CT molecular complexity index is 439. The lowest BCUT2D eigenvalue weighted by atomic mass is 10.1. The van der Waals surface area contributed by atoms with Gasteiger partial charge in [-0.3, -0.25) is 0 Å². The average molecular weight is 294 g/mol. The van der Waals surface area contributed by atoms with Crippen LogP contribution in [0.5, 0.6) is 0 Å². The fourth-order valence-electron chi connectivity index (χ4n) is 2.22. The van der Waals surface area contributed by atoms with Gasteiger partial charge in [0.1, 0.15) is 5.78 Å². The molecule has 0 fully saturated rings. The molecule has 2 nitrogen and oxygen atoms in total. The summed E-state index contributed by atoms with van der Waals surface area (Å²) in [6, 6.07) is 7.85. The molecule has 0 atom stereocenters. The number of benzene rings is 1. The number of unbranched alkanes of at least 4 members (excludes halogenated alkanes) is 2. The number of rotatable bonds is 9. The van der Waals surface area contributed by atoms with E-state index in [0.29, 0.717) is 6.42 Å². The van der Waals surface area contributed by atoms with Gasteiger partial charge in [-0.15, -0.1) is 0 Å². The van der Waals surface area contributed by atoms with Crippen LogP contribution in [-0.4, -0.2) is 12.3 Å². The smallest absolute Gasteiger partial charge is 0.129 e. The van der Waals surface area contributed by atoms with Gasteiger partial charge >= 0.3 is 0 Å². The van der Waals surface area contributed by atoms with Gasteiger partial charge in [-0.05, 0) is 57.4 Å². The largest absolute Gasteiger partial charge is 0.346 e. The van der Waals surface area contributed by atoms with E-state index < -0.39 is 0 Å². The molecule has 0 aromatic heterocycles. The molecule has 0 saturated heterocycles. The van der Waals surface area contributed by atoms with Crippen LogP contribution in [0.2, 0.25) is 5.02 Å². The van der Waals surface area contributed by atoms with Crippen molar-refractivity contribution in [2.45, 2.75) is 46.0 Å². The summed E-state index contributed by atoms with van der Waals surface area (Å²) in [5, 5.41) is 0.750. The van der Waals surface area contributed by atoms with E-state index in [1.807, 2.05) is 24.3 Å². The van der Waals surface area contributed by atoms with Gasteiger partial charge in [0.25, 0.3) is 0 Å². The molecule has 0 aliphatic rings. The second kappa shape index (κ2) is 8.80. The first-order valence-electron chi connectivity index (χ1n) is 7.25. The summed E-state index contributed by atoms with van der Waals surface area (Å²) in [5.41, 5.74) is 2.25. The number of halogens is 1. The normalized spacial score (nSPS) is 10.3. The number of anilines is 1. The molecule has 20 heavy (non-hydrogen) atoms. The third-order valence-corrected chi connectivity index (χ3v) is 3.58. The van der Waals surface area contributed by atoms with E-state index in [1.54, 1.807) is 6.92 Å². The second-order valence-corrected chi connectivity index (χ2v) is 5.49. The van der Waals surface area contributed by atoms with Crippen molar-refractivity contribution in [1.82, 2.24) is 0 Å². The summed E-state index contributed by atoms with van der Waals surface area (Å²) < 4.78 is 0. The van der Waals surface area contributed by atoms with Crippen LogP contribution in [0.1, 0.15) is 46.0 Å². The quantitative estimate of drug-likeness (QED) is 0.582. The number of ketones is 1. The predicted octanol–water partition coefficient (Wildman–Crippen LogP) is 5.22. The van der Waals surface area contributed by atoms with Crippen LogP contribution < -0.4 is 4.90 Å². The Hall–Kier alpha value is -1.28. The van der Waals surface area contributed by atoms with Crippen molar-refractivity contribution in [3.8, 4) is 0 Å². The van der Waals surface area contributed by atoms with Gasteiger partial charge in [0.05, 0.1) is 0 Å². The number of Topliss-reactive ketones (excluding diaryl/α,β-unsaturated/α-hetero) is 1. The van der Waals surface area contributed by atoms with E-state index >= 15 is 0 Å². The van der Waals surface area contributed by atoms with Crippen molar-refractivity contribution in [1.29, 1.82) is 0 Å². The third-order valence-electron chi connectivity index (χ3n) is 3.33. The van der Waals surface area contributed by atoms with Crippen molar-refractivity contribution < 1.29 is 4.79 Å². The predicted molar refractivity (Wildman–Crippen MR) is 87.4 cm³/mol. The zero-order valence-corrected chi connectivity index (χ0v) is 13.2. The molecule has 0 unspecified atom stereocenters. The van der Waals surface area contributed by atoms with E-state index in [2.05, 4.69) is 18.4 Å². The molecule has 110 valence electrons. The van der Waals surface area contributed by atoms with Crippen LogP contribution in [0, 0.1) is 0 Å². The Morgan fingerprint density at radius 2 is 1.75 bits per heavy atom. The highest BCUT2D eigenvalue weighted by atomic mass is 35.5. The SMILES string of the molecule is C=C(CCCCCC(C)=O)N(CC)c1ccc(Cl)cc1. The van der Waals surface area contributed by atoms with Gasteiger partial charge in [0, 0.05) is 29.4 Å². The lowest BCUT2D eigenvalue weighted by Gasteiger charge is -2.25. The minimum Gasteiger partial charge on any atom is -0.346 e. The molecule has 1 aromatic rings. The van der Waals surface area contributed by atoms with Crippen LogP contribution in [0.3, 0.4) is 0 Å². The minimum atomic E-state index is 0.278. The van der Waals surface area contributed by atoms with Gasteiger partial charge in [-0.2, -0.15) is 0 Å². The van der Waals surface area contributed by atoms with E-state index in [4.69, 9.17) is 11.6 Å². The Kier molecular flexibility index (Phi) is 7.38. The van der Waals surface area contributed by atoms with Crippen LogP contribution in [0.15, 0.2) is 36.5 Å². The highest BCUT2D eigenvalue weighted by molar-refractivity contribution is 6.30. The molecule has 0 radical (unpaired) electrons. The minimum absolute atomic E-state index is 0.278. The first-order chi connectivity index (χ1) is 9.54. The standard InChI is InChI=1S/C17H24ClNO/c1-4-19(17-12-10-16(18)11-13-17)14(2)8-6-5-7-9-15(3)20/h10-13H,2,4-9H2,1,3H3. The molecule has 0 N–H and O–H groups in total. The zero-order valence-electron chi connectivity index (χ0n) is 12.5. The maximum Gasteiger partial charge on any atom is 0.129 e. The molecular weight excluding hydrogens is 270 g/mol. The monoisotopic (exact) mass is 293 g/mol. The summed E-state index contributed by atoms with van der Waals surface area (Å²) in [6.45, 7) is 8.85. The Morgan fingerprint density at radius 3 is 2.30 bits per heavy atom. The highest BCUT2D eigenvalue weighted by Gasteiger charge is 2.08. The van der Waals surface area contributed by atoms with Crippen LogP contribution in [-0.2, 0) is 4.79 Å². The van der Waals surface area contributed by atoms with Gasteiger partial charge < -0.3 is 9.69 Å². The molecule has 1 aromatic carbocycles. The summed E-state index contributed by atoms with van der Waals surface area (Å²) in [7, 11) is 0. The fourth-order valence-corrected chi connectivity index (χ4v) is 2.35. The van der Waals surface area contributed by atoms with Gasteiger partial charge in [0.15, 0.2) is 0 Å². The molecule has 0 bridgehead atoms. The first kappa shape index (κ1) is 16.8. The van der Waals surface area contributed by atoms with Gasteiger partial charge in [0.2, 0.25) is 0 Å². The van der Waals surface area contributed by atoms with E-state index in [0.717, 1.165) is 48.6 Å². The third kappa shape index (κ3) is 5.79. The topological polar surface area (TPSA) is 20.3 Å². The Labute approximate surface area is 127 Å². The van der Waals surface area contributed by atoms with Crippen LogP contribution in [0.25, 0.3) is 0 Å². The second-order valence-electron chi connectivity index (χ2n) is 5.05. The molecule has 0 aliphatic heterocycles.